The van der Waals surface area contributed by atoms with Crippen LogP contribution in [0, 0.1) is 0 Å². The van der Waals surface area contributed by atoms with Crippen LogP contribution in [0.4, 0.5) is 0 Å². The van der Waals surface area contributed by atoms with Gasteiger partial charge in [-0.05, 0) is 26.6 Å². The van der Waals surface area contributed by atoms with E-state index in [1.807, 2.05) is 0 Å². The van der Waals surface area contributed by atoms with Crippen LogP contribution in [0.25, 0.3) is 0 Å². The van der Waals surface area contributed by atoms with Crippen molar-refractivity contribution >= 4 is 0 Å². The van der Waals surface area contributed by atoms with E-state index >= 15 is 0 Å². The second-order valence-corrected chi connectivity index (χ2v) is 8.61. The molecule has 0 radical (unpaired) electrons. The third-order valence-electron chi connectivity index (χ3n) is 5.93. The van der Waals surface area contributed by atoms with Gasteiger partial charge in [-0.3, -0.25) is 0 Å². The fraction of sp³-hybridized carbons (Fsp3) is 1.00. The van der Waals surface area contributed by atoms with Crippen molar-refractivity contribution in [1.29, 1.82) is 0 Å². The average Bonchev–Trinajstić information content (AvgIpc) is 2.66. The molecule has 0 aromatic heterocycles. The maximum atomic E-state index is 2.43. The third kappa shape index (κ3) is 22.0. The Bertz CT molecular complexity index is 238. The van der Waals surface area contributed by atoms with Gasteiger partial charge in [0.1, 0.15) is 0 Å². The normalized spacial score (nSPS) is 11.5. The minimum Gasteiger partial charge on any atom is -0.307 e. The molecule has 0 amide bonds. The molecule has 0 saturated heterocycles. The number of nitrogens with zero attached hydrogens (tertiary/aromatic N) is 1. The fourth-order valence-electron chi connectivity index (χ4n) is 3.80. The highest BCUT2D eigenvalue weighted by Crippen LogP contribution is 2.14. The van der Waals surface area contributed by atoms with E-state index in [1.165, 1.54) is 142 Å². The van der Waals surface area contributed by atoms with Crippen LogP contribution in [0.1, 0.15) is 142 Å². The van der Waals surface area contributed by atoms with Gasteiger partial charge in [-0.2, -0.15) is 0 Å². The van der Waals surface area contributed by atoms with Crippen LogP contribution in [-0.2, 0) is 0 Å². The zero-order valence-electron chi connectivity index (χ0n) is 19.0. The number of hydrogen-bond acceptors (Lipinski definition) is 1. The minimum atomic E-state index is 1.19. The first-order valence-corrected chi connectivity index (χ1v) is 12.5. The lowest BCUT2D eigenvalue weighted by molar-refractivity contribution is 0.340. The first-order chi connectivity index (χ1) is 12.8. The molecule has 0 spiro atoms. The van der Waals surface area contributed by atoms with Gasteiger partial charge in [-0.1, -0.05) is 136 Å². The molecule has 0 saturated carbocycles. The highest BCUT2D eigenvalue weighted by Gasteiger charge is 1.96. The smallest absolute Gasteiger partial charge is 0.00219 e. The van der Waals surface area contributed by atoms with E-state index in [1.54, 1.807) is 0 Å². The van der Waals surface area contributed by atoms with Crippen molar-refractivity contribution < 1.29 is 0 Å². The standard InChI is InChI=1S/C25H53N/c1-4-6-7-8-9-10-11-12-13-14-15-16-17-18-19-20-21-22-23-24-25-26(3)5-2/h4-25H2,1-3H3. The lowest BCUT2D eigenvalue weighted by Crippen LogP contribution is -2.18. The molecule has 0 bridgehead atoms. The van der Waals surface area contributed by atoms with E-state index in [0.717, 1.165) is 0 Å². The van der Waals surface area contributed by atoms with E-state index in [-0.39, 0.29) is 0 Å². The van der Waals surface area contributed by atoms with E-state index in [4.69, 9.17) is 0 Å². The summed E-state index contributed by atoms with van der Waals surface area (Å²) in [6, 6.07) is 0. The Kier molecular flexibility index (Phi) is 23.0. The first kappa shape index (κ1) is 26.0. The second-order valence-electron chi connectivity index (χ2n) is 8.61. The Hall–Kier alpha value is -0.0400. The van der Waals surface area contributed by atoms with Gasteiger partial charge in [0.05, 0.1) is 0 Å². The second kappa shape index (κ2) is 23.0. The van der Waals surface area contributed by atoms with Crippen molar-refractivity contribution in [3.05, 3.63) is 0 Å². The van der Waals surface area contributed by atoms with Crippen LogP contribution >= 0.6 is 0 Å². The molecule has 0 atom stereocenters. The number of hydrogen-bond donors (Lipinski definition) is 0. The van der Waals surface area contributed by atoms with Crippen LogP contribution in [-0.4, -0.2) is 25.0 Å². The van der Waals surface area contributed by atoms with Crippen LogP contribution < -0.4 is 0 Å². The van der Waals surface area contributed by atoms with Gasteiger partial charge in [-0.15, -0.1) is 0 Å². The van der Waals surface area contributed by atoms with Crippen molar-refractivity contribution in [3.63, 3.8) is 0 Å². The van der Waals surface area contributed by atoms with Crippen molar-refractivity contribution in [2.75, 3.05) is 20.1 Å². The lowest BCUT2D eigenvalue weighted by atomic mass is 10.0. The van der Waals surface area contributed by atoms with E-state index < -0.39 is 0 Å². The predicted octanol–water partition coefficient (Wildman–Crippen LogP) is 8.76. The molecule has 158 valence electrons. The van der Waals surface area contributed by atoms with Gasteiger partial charge in [-0.25, -0.2) is 0 Å². The minimum absolute atomic E-state index is 1.19. The van der Waals surface area contributed by atoms with Gasteiger partial charge in [0.15, 0.2) is 0 Å². The molecule has 0 aromatic rings. The molecular formula is C25H53N. The molecule has 0 N–H and O–H groups in total. The van der Waals surface area contributed by atoms with Gasteiger partial charge in [0.2, 0.25) is 0 Å². The summed E-state index contributed by atoms with van der Waals surface area (Å²) < 4.78 is 0. The summed E-state index contributed by atoms with van der Waals surface area (Å²) in [7, 11) is 2.23. The van der Waals surface area contributed by atoms with E-state index in [9.17, 15) is 0 Å². The SMILES string of the molecule is CCCCCCCCCCCCCCCCCCCCCCN(C)CC. The molecule has 0 fully saturated rings. The van der Waals surface area contributed by atoms with E-state index in [0.29, 0.717) is 0 Å². The largest absolute Gasteiger partial charge is 0.307 e. The summed E-state index contributed by atoms with van der Waals surface area (Å²) in [6.45, 7) is 7.03. The van der Waals surface area contributed by atoms with Crippen molar-refractivity contribution in [2.24, 2.45) is 0 Å². The maximum absolute atomic E-state index is 2.43. The van der Waals surface area contributed by atoms with E-state index in [2.05, 4.69) is 25.8 Å². The monoisotopic (exact) mass is 367 g/mol. The quantitative estimate of drug-likeness (QED) is 0.173. The molecule has 0 aliphatic heterocycles. The molecule has 0 unspecified atom stereocenters. The first-order valence-electron chi connectivity index (χ1n) is 12.5. The molecule has 0 aromatic carbocycles. The van der Waals surface area contributed by atoms with Crippen LogP contribution in [0.15, 0.2) is 0 Å². The van der Waals surface area contributed by atoms with Crippen LogP contribution in [0.5, 0.6) is 0 Å². The number of unbranched alkanes of at least 4 members (excludes halogenated alkanes) is 19. The molecule has 0 heterocycles. The molecule has 0 rings (SSSR count). The summed E-state index contributed by atoms with van der Waals surface area (Å²) in [6.07, 6.45) is 29.3. The van der Waals surface area contributed by atoms with Gasteiger partial charge < -0.3 is 4.90 Å². The van der Waals surface area contributed by atoms with Crippen molar-refractivity contribution in [2.45, 2.75) is 142 Å². The topological polar surface area (TPSA) is 3.24 Å². The summed E-state index contributed by atoms with van der Waals surface area (Å²) in [4.78, 5) is 2.43. The maximum Gasteiger partial charge on any atom is -0.00219 e. The van der Waals surface area contributed by atoms with Crippen LogP contribution in [0.3, 0.4) is 0 Å². The molecular weight excluding hydrogens is 314 g/mol. The summed E-state index contributed by atoms with van der Waals surface area (Å²) in [5.74, 6) is 0. The highest BCUT2D eigenvalue weighted by atomic mass is 15.1. The Morgan fingerprint density at radius 2 is 0.654 bits per heavy atom. The predicted molar refractivity (Wildman–Crippen MR) is 121 cm³/mol. The summed E-state index contributed by atoms with van der Waals surface area (Å²) in [5, 5.41) is 0. The Balaban J connectivity index is 2.99. The molecule has 0 aliphatic rings. The Morgan fingerprint density at radius 1 is 0.385 bits per heavy atom. The molecule has 1 nitrogen and oxygen atoms in total. The summed E-state index contributed by atoms with van der Waals surface area (Å²) >= 11 is 0. The fourth-order valence-corrected chi connectivity index (χ4v) is 3.80. The summed E-state index contributed by atoms with van der Waals surface area (Å²) in [5.41, 5.74) is 0. The lowest BCUT2D eigenvalue weighted by Gasteiger charge is -2.12. The zero-order valence-corrected chi connectivity index (χ0v) is 19.0. The van der Waals surface area contributed by atoms with Gasteiger partial charge in [0, 0.05) is 0 Å². The number of rotatable bonds is 22. The van der Waals surface area contributed by atoms with Crippen molar-refractivity contribution in [1.82, 2.24) is 4.90 Å². The van der Waals surface area contributed by atoms with Crippen LogP contribution in [0.2, 0.25) is 0 Å². The average molecular weight is 368 g/mol. The third-order valence-corrected chi connectivity index (χ3v) is 5.93. The highest BCUT2D eigenvalue weighted by molar-refractivity contribution is 4.52. The molecule has 26 heavy (non-hydrogen) atoms. The Morgan fingerprint density at radius 3 is 0.923 bits per heavy atom. The molecule has 1 heteroatoms. The zero-order chi connectivity index (χ0) is 19.1. The van der Waals surface area contributed by atoms with Crippen molar-refractivity contribution in [3.8, 4) is 0 Å². The Labute approximate surface area is 167 Å². The molecule has 0 aliphatic carbocycles. The van der Waals surface area contributed by atoms with Gasteiger partial charge >= 0.3 is 0 Å². The van der Waals surface area contributed by atoms with Gasteiger partial charge in [0.25, 0.3) is 0 Å².